The molecule has 0 aliphatic rings. The number of nitrogens with one attached hydrogen (secondary N) is 3. The van der Waals surface area contributed by atoms with Crippen molar-refractivity contribution in [2.75, 3.05) is 44.9 Å². The molecule has 0 saturated heterocycles. The molecule has 3 N–H and O–H groups in total. The molecular weight excluding hydrogens is 491 g/mol. The minimum atomic E-state index is -4.75. The van der Waals surface area contributed by atoms with Gasteiger partial charge in [-0.15, -0.1) is 0 Å². The van der Waals surface area contributed by atoms with E-state index < -0.39 is 23.5 Å². The first kappa shape index (κ1) is 27.3. The van der Waals surface area contributed by atoms with Gasteiger partial charge in [-0.25, -0.2) is 4.79 Å². The summed E-state index contributed by atoms with van der Waals surface area (Å²) in [5, 5.41) is 7.20. The average molecular weight is 518 g/mol. The summed E-state index contributed by atoms with van der Waals surface area (Å²) < 4.78 is 52.4. The van der Waals surface area contributed by atoms with Crippen molar-refractivity contribution in [2.24, 2.45) is 0 Å². The highest BCUT2D eigenvalue weighted by Crippen LogP contribution is 2.41. The molecule has 9 nitrogen and oxygen atoms in total. The number of nitrogens with zero attached hydrogens (tertiary/aromatic N) is 2. The number of amides is 3. The van der Waals surface area contributed by atoms with Crippen LogP contribution in [0.15, 0.2) is 60.8 Å². The Balaban J connectivity index is 1.67. The Morgan fingerprint density at radius 3 is 2.38 bits per heavy atom. The highest BCUT2D eigenvalue weighted by Gasteiger charge is 2.38. The molecule has 196 valence electrons. The highest BCUT2D eigenvalue weighted by molar-refractivity contribution is 6.00. The number of halogens is 3. The lowest BCUT2D eigenvalue weighted by Gasteiger charge is -2.19. The van der Waals surface area contributed by atoms with Gasteiger partial charge in [0.1, 0.15) is 35.1 Å². The number of rotatable bonds is 9. The van der Waals surface area contributed by atoms with E-state index >= 15 is 0 Å². The summed E-state index contributed by atoms with van der Waals surface area (Å²) in [6.07, 6.45) is -3.32. The normalized spacial score (nSPS) is 11.1. The summed E-state index contributed by atoms with van der Waals surface area (Å²) in [6, 6.07) is 12.0. The third-order valence-corrected chi connectivity index (χ3v) is 4.89. The second-order valence-electron chi connectivity index (χ2n) is 7.99. The first-order valence-corrected chi connectivity index (χ1v) is 11.1. The fourth-order valence-electron chi connectivity index (χ4n) is 3.14. The molecule has 1 aromatic heterocycles. The van der Waals surface area contributed by atoms with Crippen LogP contribution in [0.5, 0.6) is 17.2 Å². The van der Waals surface area contributed by atoms with Gasteiger partial charge in [-0.3, -0.25) is 9.78 Å². The van der Waals surface area contributed by atoms with Gasteiger partial charge in [-0.2, -0.15) is 13.2 Å². The van der Waals surface area contributed by atoms with Crippen molar-refractivity contribution in [3.05, 3.63) is 72.1 Å². The van der Waals surface area contributed by atoms with E-state index in [1.54, 1.807) is 37.2 Å². The predicted octanol–water partition coefficient (Wildman–Crippen LogP) is 4.84. The minimum absolute atomic E-state index is 0.0484. The monoisotopic (exact) mass is 517 g/mol. The lowest BCUT2D eigenvalue weighted by atomic mass is 10.1. The van der Waals surface area contributed by atoms with Gasteiger partial charge in [0.05, 0.1) is 5.69 Å². The number of urea groups is 1. The average Bonchev–Trinajstić information content (AvgIpc) is 2.84. The van der Waals surface area contributed by atoms with Gasteiger partial charge < -0.3 is 30.3 Å². The number of pyridine rings is 1. The Hall–Kier alpha value is -4.32. The Labute approximate surface area is 211 Å². The van der Waals surface area contributed by atoms with Crippen LogP contribution >= 0.6 is 0 Å². The van der Waals surface area contributed by atoms with Crippen LogP contribution in [-0.4, -0.2) is 56.1 Å². The fourth-order valence-corrected chi connectivity index (χ4v) is 3.14. The van der Waals surface area contributed by atoms with Crippen LogP contribution in [0.3, 0.4) is 0 Å². The molecule has 0 saturated carbocycles. The van der Waals surface area contributed by atoms with E-state index in [0.717, 1.165) is 6.07 Å². The molecule has 0 unspecified atom stereocenters. The van der Waals surface area contributed by atoms with Crippen LogP contribution in [0.2, 0.25) is 0 Å². The maximum Gasteiger partial charge on any atom is 0.421 e. The van der Waals surface area contributed by atoms with E-state index in [2.05, 4.69) is 20.9 Å². The van der Waals surface area contributed by atoms with E-state index in [1.165, 1.54) is 43.6 Å². The van der Waals surface area contributed by atoms with Crippen LogP contribution in [-0.2, 0) is 6.18 Å². The summed E-state index contributed by atoms with van der Waals surface area (Å²) >= 11 is 0. The van der Waals surface area contributed by atoms with E-state index in [9.17, 15) is 22.8 Å². The maximum absolute atomic E-state index is 13.8. The summed E-state index contributed by atoms with van der Waals surface area (Å²) in [5.41, 5.74) is -1.00. The van der Waals surface area contributed by atoms with Gasteiger partial charge in [-0.1, -0.05) is 6.07 Å². The van der Waals surface area contributed by atoms with E-state index in [1.807, 2.05) is 0 Å². The van der Waals surface area contributed by atoms with Crippen LogP contribution in [0, 0.1) is 0 Å². The van der Waals surface area contributed by atoms with Crippen molar-refractivity contribution < 1.29 is 32.2 Å². The smallest absolute Gasteiger partial charge is 0.421 e. The molecule has 2 aromatic carbocycles. The molecule has 12 heteroatoms. The molecule has 37 heavy (non-hydrogen) atoms. The van der Waals surface area contributed by atoms with E-state index in [-0.39, 0.29) is 24.0 Å². The molecule has 0 aliphatic carbocycles. The molecule has 3 aromatic rings. The van der Waals surface area contributed by atoms with Gasteiger partial charge in [0.15, 0.2) is 0 Å². The largest absolute Gasteiger partial charge is 0.492 e. The maximum atomic E-state index is 13.8. The zero-order valence-corrected chi connectivity index (χ0v) is 20.3. The van der Waals surface area contributed by atoms with Crippen molar-refractivity contribution in [3.8, 4) is 17.2 Å². The van der Waals surface area contributed by atoms with E-state index in [4.69, 9.17) is 9.47 Å². The number of alkyl halides is 3. The Morgan fingerprint density at radius 2 is 1.73 bits per heavy atom. The Kier molecular flexibility index (Phi) is 8.90. The lowest BCUT2D eigenvalue weighted by Crippen LogP contribution is -2.23. The molecule has 1 heterocycles. The number of ether oxygens (including phenoxy) is 2. The molecule has 0 spiro atoms. The number of hydrogen-bond donors (Lipinski definition) is 3. The number of benzene rings is 2. The summed E-state index contributed by atoms with van der Waals surface area (Å²) in [4.78, 5) is 29.9. The predicted molar refractivity (Wildman–Crippen MR) is 132 cm³/mol. The van der Waals surface area contributed by atoms with Crippen LogP contribution in [0.4, 0.5) is 29.3 Å². The quantitative estimate of drug-likeness (QED) is 0.375. The van der Waals surface area contributed by atoms with Crippen molar-refractivity contribution in [3.63, 3.8) is 0 Å². The second kappa shape index (κ2) is 12.1. The number of carbonyl (C=O) groups is 2. The van der Waals surface area contributed by atoms with Crippen molar-refractivity contribution in [2.45, 2.75) is 6.18 Å². The minimum Gasteiger partial charge on any atom is -0.492 e. The molecule has 0 atom stereocenters. The van der Waals surface area contributed by atoms with Gasteiger partial charge in [-0.05, 0) is 56.6 Å². The zero-order chi connectivity index (χ0) is 27.0. The Bertz CT molecular complexity index is 1230. The third-order valence-electron chi connectivity index (χ3n) is 4.89. The van der Waals surface area contributed by atoms with Crippen LogP contribution in [0.1, 0.15) is 16.1 Å². The van der Waals surface area contributed by atoms with Gasteiger partial charge in [0, 0.05) is 31.5 Å². The number of aromatic nitrogens is 1. The molecule has 0 aliphatic heterocycles. The van der Waals surface area contributed by atoms with Crippen molar-refractivity contribution in [1.29, 1.82) is 0 Å². The number of carbonyl (C=O) groups excluding carboxylic acids is 2. The summed E-state index contributed by atoms with van der Waals surface area (Å²) in [6.45, 7) is 0.471. The van der Waals surface area contributed by atoms with Gasteiger partial charge in [0.25, 0.3) is 5.91 Å². The second-order valence-corrected chi connectivity index (χ2v) is 7.99. The van der Waals surface area contributed by atoms with Crippen LogP contribution in [0.25, 0.3) is 0 Å². The Morgan fingerprint density at radius 1 is 1.00 bits per heavy atom. The van der Waals surface area contributed by atoms with Crippen molar-refractivity contribution in [1.82, 2.24) is 15.2 Å². The topological polar surface area (TPSA) is 105 Å². The third kappa shape index (κ3) is 7.84. The lowest BCUT2D eigenvalue weighted by molar-refractivity contribution is -0.138. The van der Waals surface area contributed by atoms with Crippen LogP contribution < -0.4 is 25.4 Å². The molecular formula is C25H26F3N5O4. The van der Waals surface area contributed by atoms with Gasteiger partial charge >= 0.3 is 12.2 Å². The first-order chi connectivity index (χ1) is 17.6. The number of hydrogen-bond acceptors (Lipinski definition) is 6. The number of anilines is 2. The first-order valence-electron chi connectivity index (χ1n) is 11.1. The molecule has 0 radical (unpaired) electrons. The number of likely N-dealkylation sites (N-methyl/N-ethyl adjacent to an activating group) is 1. The molecule has 0 fully saturated rings. The zero-order valence-electron chi connectivity index (χ0n) is 20.3. The molecule has 3 rings (SSSR count). The SMILES string of the molecule is CNC(=O)c1cc(Oc2ccc(NC(=O)Nc3cccc(OCCN(C)C)c3C(F)(F)F)cc2)ccn1. The van der Waals surface area contributed by atoms with Gasteiger partial charge in [0.2, 0.25) is 0 Å². The standard InChI is InChI=1S/C25H26F3N5O4/c1-29-23(34)20-15-18(11-12-30-20)37-17-9-7-16(8-10-17)31-24(35)32-19-5-4-6-21(22(19)25(26,27)28)36-14-13-33(2)3/h4-12,15H,13-14H2,1-3H3,(H,29,34)(H2,31,32,35). The van der Waals surface area contributed by atoms with E-state index in [0.29, 0.717) is 23.7 Å². The summed E-state index contributed by atoms with van der Waals surface area (Å²) in [7, 11) is 5.04. The van der Waals surface area contributed by atoms with Crippen molar-refractivity contribution >= 4 is 23.3 Å². The molecule has 0 bridgehead atoms. The summed E-state index contributed by atoms with van der Waals surface area (Å²) in [5.74, 6) is 0.0426. The molecule has 3 amide bonds. The fraction of sp³-hybridized carbons (Fsp3) is 0.240. The highest BCUT2D eigenvalue weighted by atomic mass is 19.4.